The molecule has 0 aliphatic heterocycles. The average molecular weight is 296 g/mol. The maximum absolute atomic E-state index is 12.8. The number of aromatic nitrogens is 1. The second-order valence-electron chi connectivity index (χ2n) is 4.91. The molecule has 22 heavy (non-hydrogen) atoms. The molecule has 0 unspecified atom stereocenters. The van der Waals surface area contributed by atoms with Crippen molar-refractivity contribution in [3.05, 3.63) is 82.0 Å². The standard InChI is InChI=1S/C17H13FN2O2/c18-13-7-5-11(6-8-13)10-19-17(22)15-9-12-3-1-2-4-14(12)16(21)20-15/h1-9H,10H2,(H,19,22)(H,20,21). The summed E-state index contributed by atoms with van der Waals surface area (Å²) in [4.78, 5) is 26.6. The number of carbonyl (C=O) groups excluding carboxylic acids is 1. The van der Waals surface area contributed by atoms with E-state index in [-0.39, 0.29) is 29.5 Å². The molecule has 0 aliphatic carbocycles. The van der Waals surface area contributed by atoms with E-state index < -0.39 is 0 Å². The van der Waals surface area contributed by atoms with E-state index >= 15 is 0 Å². The molecule has 3 rings (SSSR count). The molecule has 1 heterocycles. The number of fused-ring (bicyclic) bond motifs is 1. The molecule has 110 valence electrons. The largest absolute Gasteiger partial charge is 0.347 e. The smallest absolute Gasteiger partial charge is 0.268 e. The van der Waals surface area contributed by atoms with Crippen LogP contribution in [0.25, 0.3) is 10.8 Å². The minimum Gasteiger partial charge on any atom is -0.347 e. The van der Waals surface area contributed by atoms with Crippen LogP contribution in [-0.2, 0) is 6.54 Å². The molecule has 0 fully saturated rings. The molecule has 0 bridgehead atoms. The third-order valence-corrected chi connectivity index (χ3v) is 3.36. The van der Waals surface area contributed by atoms with Crippen molar-refractivity contribution in [3.8, 4) is 0 Å². The molecule has 3 aromatic rings. The number of rotatable bonds is 3. The van der Waals surface area contributed by atoms with Crippen molar-refractivity contribution in [2.75, 3.05) is 0 Å². The topological polar surface area (TPSA) is 62.0 Å². The van der Waals surface area contributed by atoms with E-state index in [0.29, 0.717) is 10.8 Å². The molecular formula is C17H13FN2O2. The molecule has 2 N–H and O–H groups in total. The number of aromatic amines is 1. The van der Waals surface area contributed by atoms with Gasteiger partial charge in [0.1, 0.15) is 11.5 Å². The third kappa shape index (κ3) is 2.88. The van der Waals surface area contributed by atoms with Gasteiger partial charge in [-0.1, -0.05) is 30.3 Å². The number of hydrogen-bond donors (Lipinski definition) is 2. The van der Waals surface area contributed by atoms with Crippen molar-refractivity contribution in [3.63, 3.8) is 0 Å². The number of nitrogens with one attached hydrogen (secondary N) is 2. The van der Waals surface area contributed by atoms with Gasteiger partial charge in [0.15, 0.2) is 0 Å². The quantitative estimate of drug-likeness (QED) is 0.780. The van der Waals surface area contributed by atoms with Crippen molar-refractivity contribution in [2.24, 2.45) is 0 Å². The maximum atomic E-state index is 12.8. The van der Waals surface area contributed by atoms with Gasteiger partial charge in [-0.2, -0.15) is 0 Å². The van der Waals surface area contributed by atoms with Crippen LogP contribution < -0.4 is 10.9 Å². The number of hydrogen-bond acceptors (Lipinski definition) is 2. The Balaban J connectivity index is 1.80. The maximum Gasteiger partial charge on any atom is 0.268 e. The Morgan fingerprint density at radius 2 is 1.82 bits per heavy atom. The summed E-state index contributed by atoms with van der Waals surface area (Å²) < 4.78 is 12.8. The molecule has 1 amide bonds. The van der Waals surface area contributed by atoms with E-state index in [1.165, 1.54) is 12.1 Å². The molecule has 0 saturated carbocycles. The van der Waals surface area contributed by atoms with Gasteiger partial charge < -0.3 is 10.3 Å². The summed E-state index contributed by atoms with van der Waals surface area (Å²) in [5.41, 5.74) is 0.675. The summed E-state index contributed by atoms with van der Waals surface area (Å²) in [5, 5.41) is 3.94. The van der Waals surface area contributed by atoms with Crippen molar-refractivity contribution < 1.29 is 9.18 Å². The fourth-order valence-corrected chi connectivity index (χ4v) is 2.21. The molecule has 5 heteroatoms. The van der Waals surface area contributed by atoms with Crippen LogP contribution in [0.1, 0.15) is 16.1 Å². The van der Waals surface area contributed by atoms with Crippen LogP contribution in [0.4, 0.5) is 4.39 Å². The van der Waals surface area contributed by atoms with E-state index in [9.17, 15) is 14.0 Å². The van der Waals surface area contributed by atoms with E-state index in [4.69, 9.17) is 0 Å². The molecule has 0 aliphatic rings. The first kappa shape index (κ1) is 14.0. The van der Waals surface area contributed by atoms with Crippen molar-refractivity contribution in [1.29, 1.82) is 0 Å². The zero-order chi connectivity index (χ0) is 15.5. The summed E-state index contributed by atoms with van der Waals surface area (Å²) in [7, 11) is 0. The second kappa shape index (κ2) is 5.81. The normalized spacial score (nSPS) is 10.6. The number of carbonyl (C=O) groups is 1. The van der Waals surface area contributed by atoms with Gasteiger partial charge in [-0.3, -0.25) is 9.59 Å². The SMILES string of the molecule is O=C(NCc1ccc(F)cc1)c1cc2ccccc2c(=O)[nH]1. The molecule has 1 aromatic heterocycles. The monoisotopic (exact) mass is 296 g/mol. The van der Waals surface area contributed by atoms with Gasteiger partial charge >= 0.3 is 0 Å². The first-order valence-electron chi connectivity index (χ1n) is 6.78. The molecular weight excluding hydrogens is 283 g/mol. The van der Waals surface area contributed by atoms with Gasteiger partial charge in [0.2, 0.25) is 0 Å². The van der Waals surface area contributed by atoms with E-state index in [0.717, 1.165) is 5.56 Å². The Morgan fingerprint density at radius 3 is 2.59 bits per heavy atom. The van der Waals surface area contributed by atoms with Gasteiger partial charge in [0.25, 0.3) is 11.5 Å². The number of halogens is 1. The summed E-state index contributed by atoms with van der Waals surface area (Å²) >= 11 is 0. The second-order valence-corrected chi connectivity index (χ2v) is 4.91. The number of benzene rings is 2. The zero-order valence-electron chi connectivity index (χ0n) is 11.6. The first-order chi connectivity index (χ1) is 10.6. The van der Waals surface area contributed by atoms with E-state index in [1.54, 1.807) is 36.4 Å². The highest BCUT2D eigenvalue weighted by Gasteiger charge is 2.09. The van der Waals surface area contributed by atoms with Crippen LogP contribution in [0.15, 0.2) is 59.4 Å². The minimum absolute atomic E-state index is 0.200. The predicted octanol–water partition coefficient (Wildman–Crippen LogP) is 2.60. The highest BCUT2D eigenvalue weighted by Crippen LogP contribution is 2.10. The lowest BCUT2D eigenvalue weighted by Gasteiger charge is -2.06. The van der Waals surface area contributed by atoms with Crippen LogP contribution in [0.5, 0.6) is 0 Å². The summed E-state index contributed by atoms with van der Waals surface area (Å²) in [6, 6.07) is 14.6. The van der Waals surface area contributed by atoms with Crippen LogP contribution in [0.2, 0.25) is 0 Å². The van der Waals surface area contributed by atoms with Crippen LogP contribution in [-0.4, -0.2) is 10.9 Å². The minimum atomic E-state index is -0.382. The number of amides is 1. The molecule has 4 nitrogen and oxygen atoms in total. The third-order valence-electron chi connectivity index (χ3n) is 3.36. The van der Waals surface area contributed by atoms with Gasteiger partial charge in [0.05, 0.1) is 0 Å². The molecule has 0 spiro atoms. The molecule has 2 aromatic carbocycles. The van der Waals surface area contributed by atoms with Crippen LogP contribution in [0, 0.1) is 5.82 Å². The lowest BCUT2D eigenvalue weighted by molar-refractivity contribution is 0.0946. The van der Waals surface area contributed by atoms with Crippen LogP contribution >= 0.6 is 0 Å². The Bertz CT molecular complexity index is 885. The average Bonchev–Trinajstić information content (AvgIpc) is 2.54. The van der Waals surface area contributed by atoms with Gasteiger partial charge in [-0.15, -0.1) is 0 Å². The fourth-order valence-electron chi connectivity index (χ4n) is 2.21. The van der Waals surface area contributed by atoms with E-state index in [1.807, 2.05) is 6.07 Å². The molecule has 0 atom stereocenters. The van der Waals surface area contributed by atoms with Crippen molar-refractivity contribution in [1.82, 2.24) is 10.3 Å². The first-order valence-corrected chi connectivity index (χ1v) is 6.78. The summed E-state index contributed by atoms with van der Waals surface area (Å²) in [6.07, 6.45) is 0. The Kier molecular flexibility index (Phi) is 3.70. The number of pyridine rings is 1. The van der Waals surface area contributed by atoms with Gasteiger partial charge in [-0.25, -0.2) is 4.39 Å². The van der Waals surface area contributed by atoms with E-state index in [2.05, 4.69) is 10.3 Å². The summed E-state index contributed by atoms with van der Waals surface area (Å²) in [5.74, 6) is -0.707. The number of H-pyrrole nitrogens is 1. The molecule has 0 radical (unpaired) electrons. The van der Waals surface area contributed by atoms with Crippen molar-refractivity contribution >= 4 is 16.7 Å². The predicted molar refractivity (Wildman–Crippen MR) is 82.1 cm³/mol. The van der Waals surface area contributed by atoms with Gasteiger partial charge in [-0.05, 0) is 35.2 Å². The van der Waals surface area contributed by atoms with Crippen molar-refractivity contribution in [2.45, 2.75) is 6.54 Å². The highest BCUT2D eigenvalue weighted by atomic mass is 19.1. The zero-order valence-corrected chi connectivity index (χ0v) is 11.6. The Hall–Kier alpha value is -2.95. The molecule has 0 saturated heterocycles. The lowest BCUT2D eigenvalue weighted by Crippen LogP contribution is -2.26. The fraction of sp³-hybridized carbons (Fsp3) is 0.0588. The Labute approximate surface area is 125 Å². The van der Waals surface area contributed by atoms with Gasteiger partial charge in [0, 0.05) is 11.9 Å². The Morgan fingerprint density at radius 1 is 1.09 bits per heavy atom. The lowest BCUT2D eigenvalue weighted by atomic mass is 10.1. The summed E-state index contributed by atoms with van der Waals surface area (Å²) in [6.45, 7) is 0.258. The van der Waals surface area contributed by atoms with Crippen LogP contribution in [0.3, 0.4) is 0 Å². The highest BCUT2D eigenvalue weighted by molar-refractivity contribution is 5.96.